The Bertz CT molecular complexity index is 315. The van der Waals surface area contributed by atoms with Gasteiger partial charge in [0.25, 0.3) is 0 Å². The standard InChI is InChI=1S/C13H18O4/c1-2-4-11(15-7-13-9-17-13)5-10(3-1)14-6-12-8-16-12/h1-3,11-13H,4-9H2/t11-,12?,13?/m1/s1. The van der Waals surface area contributed by atoms with E-state index in [2.05, 4.69) is 6.08 Å². The maximum absolute atomic E-state index is 5.81. The first-order valence-electron chi connectivity index (χ1n) is 6.23. The fourth-order valence-corrected chi connectivity index (χ4v) is 1.79. The molecule has 2 unspecified atom stereocenters. The van der Waals surface area contributed by atoms with Gasteiger partial charge in [-0.3, -0.25) is 0 Å². The molecule has 1 aliphatic carbocycles. The van der Waals surface area contributed by atoms with Crippen molar-refractivity contribution in [1.82, 2.24) is 0 Å². The molecule has 4 nitrogen and oxygen atoms in total. The number of epoxide rings is 2. The number of hydrogen-bond donors (Lipinski definition) is 0. The highest BCUT2D eigenvalue weighted by atomic mass is 16.6. The number of ether oxygens (including phenoxy) is 4. The lowest BCUT2D eigenvalue weighted by atomic mass is 10.2. The summed E-state index contributed by atoms with van der Waals surface area (Å²) in [4.78, 5) is 0. The van der Waals surface area contributed by atoms with E-state index in [0.29, 0.717) is 25.4 Å². The van der Waals surface area contributed by atoms with Crippen LogP contribution in [0.3, 0.4) is 0 Å². The summed E-state index contributed by atoms with van der Waals surface area (Å²) in [5.41, 5.74) is 0. The SMILES string of the molecule is C1=CC[C@@H](OCC2CO2)CC(OCC2CO2)=C1. The minimum Gasteiger partial charge on any atom is -0.495 e. The van der Waals surface area contributed by atoms with E-state index in [4.69, 9.17) is 18.9 Å². The van der Waals surface area contributed by atoms with Gasteiger partial charge in [0.1, 0.15) is 18.8 Å². The van der Waals surface area contributed by atoms with Crippen LogP contribution in [0.4, 0.5) is 0 Å². The smallest absolute Gasteiger partial charge is 0.116 e. The molecule has 0 saturated carbocycles. The van der Waals surface area contributed by atoms with Gasteiger partial charge in [-0.05, 0) is 12.5 Å². The molecule has 3 rings (SSSR count). The minimum absolute atomic E-state index is 0.212. The summed E-state index contributed by atoms with van der Waals surface area (Å²) < 4.78 is 21.8. The van der Waals surface area contributed by atoms with Gasteiger partial charge in [0.15, 0.2) is 0 Å². The van der Waals surface area contributed by atoms with Crippen LogP contribution in [0, 0.1) is 0 Å². The van der Waals surface area contributed by atoms with Crippen molar-refractivity contribution >= 4 is 0 Å². The lowest BCUT2D eigenvalue weighted by molar-refractivity contribution is 0.0331. The van der Waals surface area contributed by atoms with Crippen molar-refractivity contribution in [2.75, 3.05) is 26.4 Å². The molecule has 2 saturated heterocycles. The number of hydrogen-bond acceptors (Lipinski definition) is 4. The Kier molecular flexibility index (Phi) is 3.45. The van der Waals surface area contributed by atoms with Crippen LogP contribution in [0.25, 0.3) is 0 Å². The largest absolute Gasteiger partial charge is 0.495 e. The Morgan fingerprint density at radius 1 is 1.18 bits per heavy atom. The minimum atomic E-state index is 0.212. The zero-order valence-electron chi connectivity index (χ0n) is 9.84. The Balaban J connectivity index is 1.44. The third-order valence-corrected chi connectivity index (χ3v) is 3.02. The van der Waals surface area contributed by atoms with E-state index in [9.17, 15) is 0 Å². The molecule has 2 aliphatic heterocycles. The van der Waals surface area contributed by atoms with E-state index < -0.39 is 0 Å². The van der Waals surface area contributed by atoms with Crippen molar-refractivity contribution in [1.29, 1.82) is 0 Å². The number of allylic oxidation sites excluding steroid dienone is 2. The highest BCUT2D eigenvalue weighted by Gasteiger charge is 2.26. The van der Waals surface area contributed by atoms with Crippen molar-refractivity contribution in [3.05, 3.63) is 24.0 Å². The summed E-state index contributed by atoms with van der Waals surface area (Å²) in [6.45, 7) is 3.05. The second-order valence-corrected chi connectivity index (χ2v) is 4.68. The molecule has 0 bridgehead atoms. The molecule has 0 radical (unpaired) electrons. The van der Waals surface area contributed by atoms with Crippen LogP contribution >= 0.6 is 0 Å². The van der Waals surface area contributed by atoms with Gasteiger partial charge in [0.05, 0.1) is 31.7 Å². The lowest BCUT2D eigenvalue weighted by Gasteiger charge is -2.16. The van der Waals surface area contributed by atoms with Crippen molar-refractivity contribution in [3.63, 3.8) is 0 Å². The monoisotopic (exact) mass is 238 g/mol. The van der Waals surface area contributed by atoms with Gasteiger partial charge in [-0.1, -0.05) is 12.2 Å². The van der Waals surface area contributed by atoms with Gasteiger partial charge < -0.3 is 18.9 Å². The molecule has 2 fully saturated rings. The van der Waals surface area contributed by atoms with Gasteiger partial charge in [-0.15, -0.1) is 0 Å². The van der Waals surface area contributed by atoms with Gasteiger partial charge in [-0.2, -0.15) is 0 Å². The predicted octanol–water partition coefficient (Wildman–Crippen LogP) is 1.42. The quantitative estimate of drug-likeness (QED) is 0.656. The fraction of sp³-hybridized carbons (Fsp3) is 0.692. The van der Waals surface area contributed by atoms with E-state index in [-0.39, 0.29) is 6.10 Å². The molecule has 17 heavy (non-hydrogen) atoms. The maximum Gasteiger partial charge on any atom is 0.116 e. The molecular weight excluding hydrogens is 220 g/mol. The fourth-order valence-electron chi connectivity index (χ4n) is 1.79. The van der Waals surface area contributed by atoms with Crippen LogP contribution in [0.2, 0.25) is 0 Å². The molecule has 3 atom stereocenters. The molecule has 0 aromatic heterocycles. The Hall–Kier alpha value is -0.840. The summed E-state index contributed by atoms with van der Waals surface area (Å²) >= 11 is 0. The Morgan fingerprint density at radius 2 is 1.94 bits per heavy atom. The molecule has 3 aliphatic rings. The third-order valence-electron chi connectivity index (χ3n) is 3.02. The third kappa shape index (κ3) is 3.84. The van der Waals surface area contributed by atoms with Crippen molar-refractivity contribution in [2.45, 2.75) is 31.2 Å². The van der Waals surface area contributed by atoms with Crippen LogP contribution in [0.15, 0.2) is 24.0 Å². The Morgan fingerprint density at radius 3 is 2.71 bits per heavy atom. The molecular formula is C13H18O4. The molecule has 0 spiro atoms. The number of rotatable bonds is 6. The van der Waals surface area contributed by atoms with Crippen LogP contribution in [-0.2, 0) is 18.9 Å². The summed E-state index contributed by atoms with van der Waals surface area (Å²) in [6.07, 6.45) is 8.83. The van der Waals surface area contributed by atoms with Gasteiger partial charge in [0.2, 0.25) is 0 Å². The normalized spacial score (nSPS) is 35.1. The first kappa shape index (κ1) is 11.3. The zero-order valence-corrected chi connectivity index (χ0v) is 9.84. The van der Waals surface area contributed by atoms with Crippen LogP contribution in [0.5, 0.6) is 0 Å². The molecule has 0 aromatic carbocycles. The topological polar surface area (TPSA) is 43.5 Å². The van der Waals surface area contributed by atoms with E-state index >= 15 is 0 Å². The van der Waals surface area contributed by atoms with Crippen LogP contribution < -0.4 is 0 Å². The van der Waals surface area contributed by atoms with Crippen LogP contribution in [-0.4, -0.2) is 44.7 Å². The molecule has 0 N–H and O–H groups in total. The summed E-state index contributed by atoms with van der Waals surface area (Å²) in [5.74, 6) is 0.996. The Labute approximate surface area is 101 Å². The second kappa shape index (κ2) is 5.21. The molecule has 2 heterocycles. The summed E-state index contributed by atoms with van der Waals surface area (Å²) in [7, 11) is 0. The lowest BCUT2D eigenvalue weighted by Crippen LogP contribution is -2.17. The highest BCUT2D eigenvalue weighted by Crippen LogP contribution is 2.21. The van der Waals surface area contributed by atoms with Gasteiger partial charge in [-0.25, -0.2) is 0 Å². The predicted molar refractivity (Wildman–Crippen MR) is 61.6 cm³/mol. The van der Waals surface area contributed by atoms with E-state index in [0.717, 1.165) is 31.8 Å². The molecule has 0 amide bonds. The van der Waals surface area contributed by atoms with Crippen molar-refractivity contribution < 1.29 is 18.9 Å². The maximum atomic E-state index is 5.81. The van der Waals surface area contributed by atoms with E-state index in [1.165, 1.54) is 0 Å². The highest BCUT2D eigenvalue weighted by molar-refractivity contribution is 5.12. The summed E-state index contributed by atoms with van der Waals surface area (Å²) in [6, 6.07) is 0. The first-order valence-corrected chi connectivity index (χ1v) is 6.23. The van der Waals surface area contributed by atoms with Crippen molar-refractivity contribution in [3.8, 4) is 0 Å². The molecule has 4 heteroatoms. The first-order chi connectivity index (χ1) is 8.40. The van der Waals surface area contributed by atoms with Crippen LogP contribution in [0.1, 0.15) is 12.8 Å². The average Bonchev–Trinajstić information content (AvgIpc) is 3.20. The average molecular weight is 238 g/mol. The summed E-state index contributed by atoms with van der Waals surface area (Å²) in [5, 5.41) is 0. The van der Waals surface area contributed by atoms with Gasteiger partial charge >= 0.3 is 0 Å². The van der Waals surface area contributed by atoms with E-state index in [1.54, 1.807) is 0 Å². The zero-order chi connectivity index (χ0) is 11.5. The van der Waals surface area contributed by atoms with Gasteiger partial charge in [0, 0.05) is 6.42 Å². The van der Waals surface area contributed by atoms with E-state index in [1.807, 2.05) is 12.2 Å². The second-order valence-electron chi connectivity index (χ2n) is 4.68. The van der Waals surface area contributed by atoms with Crippen molar-refractivity contribution in [2.24, 2.45) is 0 Å². The molecule has 94 valence electrons. The molecule has 0 aromatic rings.